The highest BCUT2D eigenvalue weighted by molar-refractivity contribution is 5.99. The van der Waals surface area contributed by atoms with Gasteiger partial charge in [0.05, 0.1) is 0 Å². The molecule has 1 unspecified atom stereocenters. The lowest BCUT2D eigenvalue weighted by atomic mass is 10.1. The van der Waals surface area contributed by atoms with Crippen LogP contribution in [0.3, 0.4) is 0 Å². The second-order valence-electron chi connectivity index (χ2n) is 6.51. The third-order valence-corrected chi connectivity index (χ3v) is 3.13. The van der Waals surface area contributed by atoms with Crippen molar-refractivity contribution in [2.75, 3.05) is 0 Å². The second-order valence-corrected chi connectivity index (χ2v) is 6.51. The van der Waals surface area contributed by atoms with Gasteiger partial charge in [-0.15, -0.1) is 0 Å². The van der Waals surface area contributed by atoms with Gasteiger partial charge in [-0.2, -0.15) is 0 Å². The molecule has 128 valence electrons. The Labute approximate surface area is 139 Å². The van der Waals surface area contributed by atoms with Gasteiger partial charge in [0, 0.05) is 16.4 Å². The van der Waals surface area contributed by atoms with E-state index in [9.17, 15) is 14.4 Å². The Morgan fingerprint density at radius 3 is 2.46 bits per heavy atom. The summed E-state index contributed by atoms with van der Waals surface area (Å²) >= 11 is 0. The number of para-hydroxylation sites is 1. The van der Waals surface area contributed by atoms with Gasteiger partial charge in [-0.25, -0.2) is 9.59 Å². The molecule has 0 spiro atoms. The standard InChI is InChI=1S/C17H21N3O4/c1-10(14(21)19-16(23)20-17(2,3)4)24-15(22)13-9-11-7-5-6-8-12(11)18-13/h5-10,18H,1-4H3,(H2,19,20,21,23). The average Bonchev–Trinajstić information content (AvgIpc) is 2.88. The number of fused-ring (bicyclic) bond motifs is 1. The van der Waals surface area contributed by atoms with Crippen LogP contribution in [-0.4, -0.2) is 34.5 Å². The molecule has 0 saturated carbocycles. The van der Waals surface area contributed by atoms with Crippen molar-refractivity contribution in [1.82, 2.24) is 15.6 Å². The molecule has 1 aromatic heterocycles. The van der Waals surface area contributed by atoms with E-state index in [1.807, 2.05) is 24.3 Å². The number of esters is 1. The fourth-order valence-corrected chi connectivity index (χ4v) is 2.05. The number of aromatic nitrogens is 1. The molecule has 24 heavy (non-hydrogen) atoms. The van der Waals surface area contributed by atoms with Crippen molar-refractivity contribution < 1.29 is 19.1 Å². The van der Waals surface area contributed by atoms with Crippen LogP contribution in [0.15, 0.2) is 30.3 Å². The van der Waals surface area contributed by atoms with Gasteiger partial charge in [0.2, 0.25) is 0 Å². The third-order valence-electron chi connectivity index (χ3n) is 3.13. The Morgan fingerprint density at radius 1 is 1.17 bits per heavy atom. The molecule has 7 nitrogen and oxygen atoms in total. The Balaban J connectivity index is 1.95. The Kier molecular flexibility index (Phi) is 4.92. The number of imide groups is 1. The van der Waals surface area contributed by atoms with Crippen LogP contribution in [0.25, 0.3) is 10.9 Å². The minimum absolute atomic E-state index is 0.245. The van der Waals surface area contributed by atoms with Gasteiger partial charge >= 0.3 is 12.0 Å². The first-order valence-corrected chi connectivity index (χ1v) is 7.57. The predicted octanol–water partition coefficient (Wildman–Crippen LogP) is 2.34. The van der Waals surface area contributed by atoms with E-state index in [0.29, 0.717) is 0 Å². The molecule has 2 rings (SSSR count). The minimum Gasteiger partial charge on any atom is -0.448 e. The molecule has 1 aromatic carbocycles. The number of nitrogens with one attached hydrogen (secondary N) is 3. The molecular formula is C17H21N3O4. The summed E-state index contributed by atoms with van der Waals surface area (Å²) in [4.78, 5) is 38.6. The number of aromatic amines is 1. The molecule has 3 amide bonds. The van der Waals surface area contributed by atoms with Crippen LogP contribution in [0.5, 0.6) is 0 Å². The number of hydrogen-bond donors (Lipinski definition) is 3. The van der Waals surface area contributed by atoms with E-state index in [0.717, 1.165) is 10.9 Å². The summed E-state index contributed by atoms with van der Waals surface area (Å²) in [7, 11) is 0. The molecule has 0 fully saturated rings. The van der Waals surface area contributed by atoms with Gasteiger partial charge in [-0.3, -0.25) is 10.1 Å². The van der Waals surface area contributed by atoms with Crippen LogP contribution in [0.1, 0.15) is 38.2 Å². The van der Waals surface area contributed by atoms with Gasteiger partial charge in [-0.05, 0) is 39.8 Å². The van der Waals surface area contributed by atoms with E-state index in [4.69, 9.17) is 4.74 Å². The number of carbonyl (C=O) groups is 3. The number of rotatable bonds is 3. The maximum Gasteiger partial charge on any atom is 0.355 e. The fourth-order valence-electron chi connectivity index (χ4n) is 2.05. The average molecular weight is 331 g/mol. The number of hydrogen-bond acceptors (Lipinski definition) is 4. The number of H-pyrrole nitrogens is 1. The highest BCUT2D eigenvalue weighted by Crippen LogP contribution is 2.15. The van der Waals surface area contributed by atoms with Gasteiger partial charge in [-0.1, -0.05) is 18.2 Å². The lowest BCUT2D eigenvalue weighted by molar-refractivity contribution is -0.127. The van der Waals surface area contributed by atoms with Gasteiger partial charge in [0.15, 0.2) is 6.10 Å². The number of amides is 3. The van der Waals surface area contributed by atoms with Crippen LogP contribution in [0.4, 0.5) is 4.79 Å². The van der Waals surface area contributed by atoms with E-state index in [1.54, 1.807) is 26.8 Å². The quantitative estimate of drug-likeness (QED) is 0.752. The summed E-state index contributed by atoms with van der Waals surface area (Å²) < 4.78 is 5.10. The highest BCUT2D eigenvalue weighted by atomic mass is 16.5. The van der Waals surface area contributed by atoms with Crippen molar-refractivity contribution in [2.45, 2.75) is 39.3 Å². The summed E-state index contributed by atoms with van der Waals surface area (Å²) in [6.45, 7) is 6.77. The molecular weight excluding hydrogens is 310 g/mol. The van der Waals surface area contributed by atoms with Crippen molar-refractivity contribution >= 4 is 28.8 Å². The molecule has 0 aliphatic carbocycles. The topological polar surface area (TPSA) is 100 Å². The second kappa shape index (κ2) is 6.74. The first kappa shape index (κ1) is 17.5. The monoisotopic (exact) mass is 331 g/mol. The van der Waals surface area contributed by atoms with Crippen molar-refractivity contribution in [3.05, 3.63) is 36.0 Å². The number of ether oxygens (including phenoxy) is 1. The largest absolute Gasteiger partial charge is 0.448 e. The molecule has 0 aliphatic heterocycles. The molecule has 1 heterocycles. The zero-order valence-electron chi connectivity index (χ0n) is 14.1. The van der Waals surface area contributed by atoms with Crippen molar-refractivity contribution in [1.29, 1.82) is 0 Å². The molecule has 2 aromatic rings. The molecule has 1 atom stereocenters. The Morgan fingerprint density at radius 2 is 1.83 bits per heavy atom. The number of benzene rings is 1. The van der Waals surface area contributed by atoms with Crippen molar-refractivity contribution in [3.8, 4) is 0 Å². The minimum atomic E-state index is -1.10. The van der Waals surface area contributed by atoms with E-state index in [1.165, 1.54) is 6.92 Å². The zero-order valence-corrected chi connectivity index (χ0v) is 14.1. The van der Waals surface area contributed by atoms with Crippen LogP contribution >= 0.6 is 0 Å². The van der Waals surface area contributed by atoms with Gasteiger partial charge < -0.3 is 15.0 Å². The van der Waals surface area contributed by atoms with Crippen LogP contribution in [0, 0.1) is 0 Å². The van der Waals surface area contributed by atoms with Gasteiger partial charge in [0.1, 0.15) is 5.69 Å². The van der Waals surface area contributed by atoms with E-state index < -0.39 is 29.6 Å². The van der Waals surface area contributed by atoms with Gasteiger partial charge in [0.25, 0.3) is 5.91 Å². The molecule has 0 bridgehead atoms. The summed E-state index contributed by atoms with van der Waals surface area (Å²) in [5, 5.41) is 5.60. The fraction of sp³-hybridized carbons (Fsp3) is 0.353. The summed E-state index contributed by atoms with van der Waals surface area (Å²) in [5.74, 6) is -1.36. The third kappa shape index (κ3) is 4.58. The SMILES string of the molecule is CC(OC(=O)c1cc2ccccc2[nH]1)C(=O)NC(=O)NC(C)(C)C. The van der Waals surface area contributed by atoms with E-state index in [-0.39, 0.29) is 5.69 Å². The first-order chi connectivity index (χ1) is 11.2. The smallest absolute Gasteiger partial charge is 0.355 e. The van der Waals surface area contributed by atoms with E-state index in [2.05, 4.69) is 15.6 Å². The maximum absolute atomic E-state index is 12.1. The summed E-state index contributed by atoms with van der Waals surface area (Å²) in [6.07, 6.45) is -1.10. The molecule has 3 N–H and O–H groups in total. The number of carbonyl (C=O) groups excluding carboxylic acids is 3. The first-order valence-electron chi connectivity index (χ1n) is 7.57. The Bertz CT molecular complexity index is 740. The Hall–Kier alpha value is -2.83. The van der Waals surface area contributed by atoms with Crippen molar-refractivity contribution in [2.24, 2.45) is 0 Å². The van der Waals surface area contributed by atoms with Crippen LogP contribution in [-0.2, 0) is 9.53 Å². The molecule has 0 radical (unpaired) electrons. The normalized spacial score (nSPS) is 12.5. The molecule has 0 aliphatic rings. The van der Waals surface area contributed by atoms with E-state index >= 15 is 0 Å². The van der Waals surface area contributed by atoms with Crippen molar-refractivity contribution in [3.63, 3.8) is 0 Å². The molecule has 0 saturated heterocycles. The van der Waals surface area contributed by atoms with Crippen LogP contribution in [0.2, 0.25) is 0 Å². The summed E-state index contributed by atoms with van der Waals surface area (Å²) in [5.41, 5.74) is 0.565. The lowest BCUT2D eigenvalue weighted by Gasteiger charge is -2.21. The van der Waals surface area contributed by atoms with Crippen LogP contribution < -0.4 is 10.6 Å². The highest BCUT2D eigenvalue weighted by Gasteiger charge is 2.23. The predicted molar refractivity (Wildman–Crippen MR) is 89.6 cm³/mol. The number of urea groups is 1. The zero-order chi connectivity index (χ0) is 17.9. The maximum atomic E-state index is 12.1. The lowest BCUT2D eigenvalue weighted by Crippen LogP contribution is -2.50. The molecule has 7 heteroatoms. The summed E-state index contributed by atoms with van der Waals surface area (Å²) in [6, 6.07) is 8.40.